The average molecular weight is 298 g/mol. The van der Waals surface area contributed by atoms with Crippen LogP contribution < -0.4 is 11.5 Å². The lowest BCUT2D eigenvalue weighted by Crippen LogP contribution is -2.13. The third kappa shape index (κ3) is 2.61. The molecule has 2 aromatic heterocycles. The van der Waals surface area contributed by atoms with Crippen molar-refractivity contribution in [1.82, 2.24) is 4.98 Å². The first kappa shape index (κ1) is 11.6. The number of anilines is 1. The second-order valence-electron chi connectivity index (χ2n) is 3.50. The summed E-state index contributed by atoms with van der Waals surface area (Å²) >= 11 is 5.08. The van der Waals surface area contributed by atoms with E-state index < -0.39 is 0 Å². The van der Waals surface area contributed by atoms with Gasteiger partial charge < -0.3 is 11.5 Å². The summed E-state index contributed by atoms with van der Waals surface area (Å²) < 4.78 is 1.09. The molecule has 16 heavy (non-hydrogen) atoms. The largest absolute Gasteiger partial charge is 0.383 e. The first-order chi connectivity index (χ1) is 7.66. The van der Waals surface area contributed by atoms with Crippen molar-refractivity contribution in [2.75, 3.05) is 5.73 Å². The van der Waals surface area contributed by atoms with Gasteiger partial charge in [-0.15, -0.1) is 11.3 Å². The number of aromatic nitrogens is 1. The van der Waals surface area contributed by atoms with Crippen molar-refractivity contribution in [2.24, 2.45) is 5.73 Å². The molecule has 1 unspecified atom stereocenters. The number of thiophene rings is 1. The zero-order valence-corrected chi connectivity index (χ0v) is 11.0. The fourth-order valence-corrected chi connectivity index (χ4v) is 2.91. The van der Waals surface area contributed by atoms with E-state index in [2.05, 4.69) is 20.9 Å². The maximum absolute atomic E-state index is 6.12. The number of hydrogen-bond donors (Lipinski definition) is 2. The number of nitrogen functional groups attached to an aromatic ring is 1. The van der Waals surface area contributed by atoms with Crippen LogP contribution in [0.1, 0.15) is 16.5 Å². The predicted molar refractivity (Wildman–Crippen MR) is 71.3 cm³/mol. The van der Waals surface area contributed by atoms with Gasteiger partial charge >= 0.3 is 0 Å². The maximum Gasteiger partial charge on any atom is 0.126 e. The molecule has 2 rings (SSSR count). The van der Waals surface area contributed by atoms with Crippen molar-refractivity contribution >= 4 is 33.1 Å². The van der Waals surface area contributed by atoms with Gasteiger partial charge in [0.2, 0.25) is 0 Å². The average Bonchev–Trinajstić information content (AvgIpc) is 2.68. The van der Waals surface area contributed by atoms with Gasteiger partial charge in [-0.05, 0) is 46.1 Å². The third-order valence-corrected chi connectivity index (χ3v) is 4.08. The van der Waals surface area contributed by atoms with Crippen LogP contribution in [-0.4, -0.2) is 4.98 Å². The quantitative estimate of drug-likeness (QED) is 0.915. The minimum Gasteiger partial charge on any atom is -0.383 e. The molecule has 0 fully saturated rings. The first-order valence-corrected chi connectivity index (χ1v) is 6.48. The second kappa shape index (κ2) is 4.95. The highest BCUT2D eigenvalue weighted by Gasteiger charge is 2.11. The van der Waals surface area contributed by atoms with Crippen LogP contribution in [0.25, 0.3) is 0 Å². The van der Waals surface area contributed by atoms with Crippen LogP contribution in [0.5, 0.6) is 0 Å². The van der Waals surface area contributed by atoms with Gasteiger partial charge in [-0.3, -0.25) is 0 Å². The Morgan fingerprint density at radius 1 is 1.38 bits per heavy atom. The Kier molecular flexibility index (Phi) is 3.58. The second-order valence-corrected chi connectivity index (χ2v) is 5.99. The van der Waals surface area contributed by atoms with E-state index in [1.807, 2.05) is 24.3 Å². The predicted octanol–water partition coefficient (Wildman–Crippen LogP) is 2.73. The summed E-state index contributed by atoms with van der Waals surface area (Å²) in [7, 11) is 0. The lowest BCUT2D eigenvalue weighted by molar-refractivity contribution is 0.736. The summed E-state index contributed by atoms with van der Waals surface area (Å²) in [5.74, 6) is 0.563. The van der Waals surface area contributed by atoms with E-state index in [9.17, 15) is 0 Å². The van der Waals surface area contributed by atoms with E-state index in [1.54, 1.807) is 17.5 Å². The van der Waals surface area contributed by atoms with E-state index in [0.717, 1.165) is 14.2 Å². The van der Waals surface area contributed by atoms with Gasteiger partial charge in [0.1, 0.15) is 5.82 Å². The lowest BCUT2D eigenvalue weighted by Gasteiger charge is -2.10. The number of nitrogens with zero attached hydrogens (tertiary/aromatic N) is 1. The van der Waals surface area contributed by atoms with Crippen molar-refractivity contribution in [3.63, 3.8) is 0 Å². The van der Waals surface area contributed by atoms with E-state index >= 15 is 0 Å². The number of rotatable bonds is 3. The molecule has 1 atom stereocenters. The van der Waals surface area contributed by atoms with Gasteiger partial charge in [-0.1, -0.05) is 6.07 Å². The fraction of sp³-hybridized carbons (Fsp3) is 0.182. The van der Waals surface area contributed by atoms with Crippen LogP contribution in [0.2, 0.25) is 0 Å². The van der Waals surface area contributed by atoms with E-state index in [-0.39, 0.29) is 6.04 Å². The molecule has 4 N–H and O–H groups in total. The molecule has 0 amide bonds. The summed E-state index contributed by atoms with van der Waals surface area (Å²) in [6.45, 7) is 0. The Balaban J connectivity index is 2.13. The lowest BCUT2D eigenvalue weighted by atomic mass is 10.1. The van der Waals surface area contributed by atoms with Gasteiger partial charge in [0.05, 0.1) is 3.79 Å². The molecular formula is C11H12BrN3S. The van der Waals surface area contributed by atoms with E-state index in [4.69, 9.17) is 11.5 Å². The topological polar surface area (TPSA) is 64.9 Å². The number of hydrogen-bond acceptors (Lipinski definition) is 4. The maximum atomic E-state index is 6.12. The molecular weight excluding hydrogens is 286 g/mol. The van der Waals surface area contributed by atoms with Crippen molar-refractivity contribution < 1.29 is 0 Å². The SMILES string of the molecule is Nc1ncccc1CC(N)c1ccc(Br)s1. The highest BCUT2D eigenvalue weighted by atomic mass is 79.9. The Bertz CT molecular complexity index is 484. The Labute approximate surface area is 107 Å². The standard InChI is InChI=1S/C11H12BrN3S/c12-10-4-3-9(16-10)8(13)6-7-2-1-5-15-11(7)14/h1-5,8H,6,13H2,(H2,14,15). The van der Waals surface area contributed by atoms with Crippen LogP contribution >= 0.6 is 27.3 Å². The summed E-state index contributed by atoms with van der Waals surface area (Å²) in [4.78, 5) is 5.20. The zero-order chi connectivity index (χ0) is 11.5. The molecule has 0 aliphatic rings. The molecule has 0 aromatic carbocycles. The molecule has 2 aromatic rings. The Morgan fingerprint density at radius 3 is 2.81 bits per heavy atom. The van der Waals surface area contributed by atoms with Gasteiger partial charge in [-0.2, -0.15) is 0 Å². The first-order valence-electron chi connectivity index (χ1n) is 4.87. The Morgan fingerprint density at radius 2 is 2.19 bits per heavy atom. The summed E-state index contributed by atoms with van der Waals surface area (Å²) in [5, 5.41) is 0. The van der Waals surface area contributed by atoms with Gasteiger partial charge in [0.25, 0.3) is 0 Å². The summed E-state index contributed by atoms with van der Waals surface area (Å²) in [6, 6.07) is 7.86. The summed E-state index contributed by atoms with van der Waals surface area (Å²) in [6.07, 6.45) is 2.40. The molecule has 0 saturated carbocycles. The molecule has 0 saturated heterocycles. The summed E-state index contributed by atoms with van der Waals surface area (Å²) in [5.41, 5.74) is 12.9. The van der Waals surface area contributed by atoms with Crippen molar-refractivity contribution in [3.05, 3.63) is 44.7 Å². The molecule has 0 radical (unpaired) electrons. The third-order valence-electron chi connectivity index (χ3n) is 2.33. The number of nitrogens with two attached hydrogens (primary N) is 2. The normalized spacial score (nSPS) is 12.6. The van der Waals surface area contributed by atoms with Crippen LogP contribution in [0, 0.1) is 0 Å². The van der Waals surface area contributed by atoms with E-state index in [0.29, 0.717) is 12.2 Å². The van der Waals surface area contributed by atoms with Crippen molar-refractivity contribution in [3.8, 4) is 0 Å². The molecule has 0 bridgehead atoms. The molecule has 0 spiro atoms. The smallest absolute Gasteiger partial charge is 0.126 e. The van der Waals surface area contributed by atoms with Gasteiger partial charge in [0, 0.05) is 17.1 Å². The van der Waals surface area contributed by atoms with Crippen LogP contribution in [0.15, 0.2) is 34.2 Å². The van der Waals surface area contributed by atoms with Crippen LogP contribution in [0.4, 0.5) is 5.82 Å². The van der Waals surface area contributed by atoms with E-state index in [1.165, 1.54) is 0 Å². The monoisotopic (exact) mass is 297 g/mol. The highest BCUT2D eigenvalue weighted by molar-refractivity contribution is 9.11. The fourth-order valence-electron chi connectivity index (χ4n) is 1.49. The van der Waals surface area contributed by atoms with Gasteiger partial charge in [0.15, 0.2) is 0 Å². The molecule has 3 nitrogen and oxygen atoms in total. The molecule has 5 heteroatoms. The van der Waals surface area contributed by atoms with Crippen molar-refractivity contribution in [1.29, 1.82) is 0 Å². The molecule has 84 valence electrons. The number of halogens is 1. The molecule has 0 aliphatic carbocycles. The minimum atomic E-state index is -0.0252. The van der Waals surface area contributed by atoms with Crippen LogP contribution in [0.3, 0.4) is 0 Å². The number of pyridine rings is 1. The Hall–Kier alpha value is -0.910. The zero-order valence-electron chi connectivity index (χ0n) is 8.56. The molecule has 0 aliphatic heterocycles. The minimum absolute atomic E-state index is 0.0252. The van der Waals surface area contributed by atoms with Crippen molar-refractivity contribution in [2.45, 2.75) is 12.5 Å². The van der Waals surface area contributed by atoms with Crippen LogP contribution in [-0.2, 0) is 6.42 Å². The highest BCUT2D eigenvalue weighted by Crippen LogP contribution is 2.28. The molecule has 2 heterocycles. The van der Waals surface area contributed by atoms with Gasteiger partial charge in [-0.25, -0.2) is 4.98 Å².